The van der Waals surface area contributed by atoms with Crippen molar-refractivity contribution in [3.8, 4) is 0 Å². The normalized spacial score (nSPS) is 12.5. The zero-order chi connectivity index (χ0) is 11.6. The van der Waals surface area contributed by atoms with Gasteiger partial charge in [-0.2, -0.15) is 0 Å². The molecule has 1 aromatic rings. The number of aryl methyl sites for hydroxylation is 1. The van der Waals surface area contributed by atoms with E-state index in [9.17, 15) is 13.6 Å². The van der Waals surface area contributed by atoms with Gasteiger partial charge in [-0.3, -0.25) is 4.79 Å². The van der Waals surface area contributed by atoms with Gasteiger partial charge in [0.05, 0.1) is 0 Å². The molecule has 1 unspecified atom stereocenters. The summed E-state index contributed by atoms with van der Waals surface area (Å²) in [7, 11) is 0. The number of carbonyl (C=O) groups is 1. The minimum Gasteiger partial charge on any atom is -0.370 e. The summed E-state index contributed by atoms with van der Waals surface area (Å²) in [5.74, 6) is -2.17. The van der Waals surface area contributed by atoms with Crippen LogP contribution in [0.3, 0.4) is 0 Å². The number of rotatable bonds is 3. The third-order valence-corrected chi connectivity index (χ3v) is 2.11. The predicted octanol–water partition coefficient (Wildman–Crippen LogP) is 1.15. The van der Waals surface area contributed by atoms with Crippen LogP contribution in [0.4, 0.5) is 8.78 Å². The van der Waals surface area contributed by atoms with Gasteiger partial charge in [0.25, 0.3) is 0 Å². The summed E-state index contributed by atoms with van der Waals surface area (Å²) in [6, 6.07) is 1.39. The number of benzene rings is 1. The molecule has 0 aliphatic carbocycles. The van der Waals surface area contributed by atoms with Crippen molar-refractivity contribution >= 4 is 5.91 Å². The first-order valence-electron chi connectivity index (χ1n) is 4.42. The lowest BCUT2D eigenvalue weighted by molar-refractivity contribution is -0.118. The Morgan fingerprint density at radius 3 is 2.60 bits per heavy atom. The highest BCUT2D eigenvalue weighted by atomic mass is 19.1. The Bertz CT molecular complexity index is 393. The monoisotopic (exact) mass is 214 g/mol. The highest BCUT2D eigenvalue weighted by Gasteiger charge is 2.19. The smallest absolute Gasteiger partial charge is 0.219 e. The summed E-state index contributed by atoms with van der Waals surface area (Å²) in [4.78, 5) is 10.6. The van der Waals surface area contributed by atoms with Gasteiger partial charge in [-0.1, -0.05) is 6.07 Å². The summed E-state index contributed by atoms with van der Waals surface area (Å²) < 4.78 is 26.8. The van der Waals surface area contributed by atoms with Crippen LogP contribution in [0.25, 0.3) is 0 Å². The fourth-order valence-electron chi connectivity index (χ4n) is 1.34. The van der Waals surface area contributed by atoms with E-state index in [4.69, 9.17) is 11.5 Å². The fourth-order valence-corrected chi connectivity index (χ4v) is 1.34. The quantitative estimate of drug-likeness (QED) is 0.792. The second-order valence-electron chi connectivity index (χ2n) is 3.37. The van der Waals surface area contributed by atoms with Crippen LogP contribution >= 0.6 is 0 Å². The van der Waals surface area contributed by atoms with Crippen LogP contribution in [-0.2, 0) is 4.79 Å². The molecular formula is C10H12F2N2O. The van der Waals surface area contributed by atoms with Crippen LogP contribution in [-0.4, -0.2) is 5.91 Å². The van der Waals surface area contributed by atoms with E-state index >= 15 is 0 Å². The Hall–Kier alpha value is -1.49. The number of carbonyl (C=O) groups excluding carboxylic acids is 1. The van der Waals surface area contributed by atoms with Gasteiger partial charge in [0.2, 0.25) is 5.91 Å². The Morgan fingerprint density at radius 1 is 1.47 bits per heavy atom. The van der Waals surface area contributed by atoms with E-state index in [1.807, 2.05) is 0 Å². The molecule has 0 saturated carbocycles. The summed E-state index contributed by atoms with van der Waals surface area (Å²) in [5.41, 5.74) is 10.4. The second kappa shape index (κ2) is 4.35. The highest BCUT2D eigenvalue weighted by molar-refractivity contribution is 5.74. The maximum absolute atomic E-state index is 13.5. The zero-order valence-electron chi connectivity index (χ0n) is 8.26. The molecule has 0 saturated heterocycles. The topological polar surface area (TPSA) is 69.1 Å². The lowest BCUT2D eigenvalue weighted by Crippen LogP contribution is -2.22. The van der Waals surface area contributed by atoms with Crippen LogP contribution in [0.5, 0.6) is 0 Å². The molecule has 0 fully saturated rings. The first kappa shape index (κ1) is 11.6. The van der Waals surface area contributed by atoms with Crippen LogP contribution in [0.15, 0.2) is 12.1 Å². The van der Waals surface area contributed by atoms with Crippen molar-refractivity contribution in [2.24, 2.45) is 11.5 Å². The van der Waals surface area contributed by atoms with E-state index < -0.39 is 23.6 Å². The van der Waals surface area contributed by atoms with Crippen LogP contribution < -0.4 is 11.5 Å². The second-order valence-corrected chi connectivity index (χ2v) is 3.37. The van der Waals surface area contributed by atoms with Crippen LogP contribution in [0.2, 0.25) is 0 Å². The SMILES string of the molecule is Cc1ccc(F)c(C(N)CC(N)=O)c1F. The molecule has 0 aliphatic rings. The molecule has 4 N–H and O–H groups in total. The van der Waals surface area contributed by atoms with E-state index in [1.165, 1.54) is 13.0 Å². The molecule has 0 aliphatic heterocycles. The standard InChI is InChI=1S/C10H12F2N2O/c1-5-2-3-6(11)9(10(5)12)7(13)4-8(14)15/h2-3,7H,4,13H2,1H3,(H2,14,15). The van der Waals surface area contributed by atoms with Crippen molar-refractivity contribution in [1.82, 2.24) is 0 Å². The number of primary amides is 1. The van der Waals surface area contributed by atoms with Gasteiger partial charge in [-0.25, -0.2) is 8.78 Å². The molecule has 0 aromatic heterocycles. The molecule has 0 spiro atoms. The average molecular weight is 214 g/mol. The maximum Gasteiger partial charge on any atom is 0.219 e. The minimum atomic E-state index is -1.04. The van der Waals surface area contributed by atoms with Crippen molar-refractivity contribution in [1.29, 1.82) is 0 Å². The third-order valence-electron chi connectivity index (χ3n) is 2.11. The van der Waals surface area contributed by atoms with E-state index in [-0.39, 0.29) is 17.5 Å². The number of amides is 1. The Kier molecular flexibility index (Phi) is 3.36. The first-order valence-corrected chi connectivity index (χ1v) is 4.42. The van der Waals surface area contributed by atoms with Crippen molar-refractivity contribution < 1.29 is 13.6 Å². The summed E-state index contributed by atoms with van der Waals surface area (Å²) in [6.45, 7) is 1.50. The van der Waals surface area contributed by atoms with Gasteiger partial charge in [0.1, 0.15) is 11.6 Å². The zero-order valence-corrected chi connectivity index (χ0v) is 8.26. The largest absolute Gasteiger partial charge is 0.370 e. The molecule has 82 valence electrons. The summed E-state index contributed by atoms with van der Waals surface area (Å²) in [5, 5.41) is 0. The van der Waals surface area contributed by atoms with E-state index in [2.05, 4.69) is 0 Å². The Labute approximate surface area is 86.1 Å². The Morgan fingerprint density at radius 2 is 2.07 bits per heavy atom. The first-order chi connectivity index (χ1) is 6.93. The molecule has 15 heavy (non-hydrogen) atoms. The van der Waals surface area contributed by atoms with Gasteiger partial charge < -0.3 is 11.5 Å². The maximum atomic E-state index is 13.5. The van der Waals surface area contributed by atoms with E-state index in [1.54, 1.807) is 0 Å². The van der Waals surface area contributed by atoms with Crippen molar-refractivity contribution in [2.75, 3.05) is 0 Å². The molecule has 0 bridgehead atoms. The molecule has 1 aromatic carbocycles. The number of halogens is 2. The lowest BCUT2D eigenvalue weighted by Gasteiger charge is -2.13. The molecule has 1 atom stereocenters. The number of hydrogen-bond acceptors (Lipinski definition) is 2. The van der Waals surface area contributed by atoms with Crippen LogP contribution in [0.1, 0.15) is 23.6 Å². The molecule has 1 rings (SSSR count). The molecule has 5 heteroatoms. The van der Waals surface area contributed by atoms with E-state index in [0.29, 0.717) is 0 Å². The molecule has 0 radical (unpaired) electrons. The fraction of sp³-hybridized carbons (Fsp3) is 0.300. The number of hydrogen-bond donors (Lipinski definition) is 2. The lowest BCUT2D eigenvalue weighted by atomic mass is 10.0. The van der Waals surface area contributed by atoms with Gasteiger partial charge >= 0.3 is 0 Å². The summed E-state index contributed by atoms with van der Waals surface area (Å²) in [6.07, 6.45) is -0.280. The van der Waals surface area contributed by atoms with Gasteiger partial charge in [-0.15, -0.1) is 0 Å². The predicted molar refractivity (Wildman–Crippen MR) is 51.8 cm³/mol. The number of nitrogens with two attached hydrogens (primary N) is 2. The van der Waals surface area contributed by atoms with Crippen molar-refractivity contribution in [2.45, 2.75) is 19.4 Å². The van der Waals surface area contributed by atoms with Crippen molar-refractivity contribution in [3.63, 3.8) is 0 Å². The van der Waals surface area contributed by atoms with Gasteiger partial charge in [0.15, 0.2) is 0 Å². The molecule has 1 amide bonds. The third kappa shape index (κ3) is 2.50. The van der Waals surface area contributed by atoms with Crippen LogP contribution in [0, 0.1) is 18.6 Å². The highest BCUT2D eigenvalue weighted by Crippen LogP contribution is 2.23. The van der Waals surface area contributed by atoms with Crippen molar-refractivity contribution in [3.05, 3.63) is 34.9 Å². The van der Waals surface area contributed by atoms with Gasteiger partial charge in [-0.05, 0) is 18.6 Å². The molecule has 3 nitrogen and oxygen atoms in total. The molecule has 0 heterocycles. The average Bonchev–Trinajstić information content (AvgIpc) is 2.11. The van der Waals surface area contributed by atoms with Gasteiger partial charge in [0, 0.05) is 18.0 Å². The van der Waals surface area contributed by atoms with E-state index in [0.717, 1.165) is 6.07 Å². The Balaban J connectivity index is 3.12. The molecular weight excluding hydrogens is 202 g/mol. The minimum absolute atomic E-state index is 0.280. The summed E-state index contributed by atoms with van der Waals surface area (Å²) >= 11 is 0.